The second-order valence-corrected chi connectivity index (χ2v) is 5.23. The zero-order valence-electron chi connectivity index (χ0n) is 9.96. The molecule has 94 valence electrons. The van der Waals surface area contributed by atoms with Gasteiger partial charge in [-0.05, 0) is 30.2 Å². The molecule has 1 fully saturated rings. The zero-order valence-corrected chi connectivity index (χ0v) is 12.3. The lowest BCUT2D eigenvalue weighted by molar-refractivity contribution is 0.0929. The molecule has 4 heteroatoms. The van der Waals surface area contributed by atoms with Gasteiger partial charge in [-0.15, -0.1) is 0 Å². The molecule has 0 amide bonds. The van der Waals surface area contributed by atoms with Crippen LogP contribution < -0.4 is 4.90 Å². The minimum atomic E-state index is 0.475. The summed E-state index contributed by atoms with van der Waals surface area (Å²) in [5.41, 5.74) is 2.53. The lowest BCUT2D eigenvalue weighted by Gasteiger charge is -2.38. The largest absolute Gasteiger partial charge is 0.377 e. The highest BCUT2D eigenvalue weighted by molar-refractivity contribution is 9.08. The highest BCUT2D eigenvalue weighted by Crippen LogP contribution is 2.29. The third-order valence-electron chi connectivity index (χ3n) is 3.19. The Hall–Kier alpha value is -0.250. The standard InChI is InChI=1S/C13H17BrClNO/c1-2-12-9-17-6-5-16(12)13-4-3-11(15)7-10(13)8-14/h3-4,7,12H,2,5-6,8-9H2,1H3. The molecule has 0 bridgehead atoms. The predicted molar refractivity (Wildman–Crippen MR) is 76.3 cm³/mol. The van der Waals surface area contributed by atoms with Crippen LogP contribution in [0.3, 0.4) is 0 Å². The lowest BCUT2D eigenvalue weighted by Crippen LogP contribution is -2.45. The van der Waals surface area contributed by atoms with Crippen LogP contribution in [0.4, 0.5) is 5.69 Å². The molecule has 2 nitrogen and oxygen atoms in total. The number of anilines is 1. The molecule has 0 spiro atoms. The maximum Gasteiger partial charge on any atom is 0.0670 e. The van der Waals surface area contributed by atoms with Gasteiger partial charge in [0.2, 0.25) is 0 Å². The van der Waals surface area contributed by atoms with E-state index in [0.29, 0.717) is 6.04 Å². The summed E-state index contributed by atoms with van der Waals surface area (Å²) in [6, 6.07) is 6.59. The minimum absolute atomic E-state index is 0.475. The molecule has 0 saturated carbocycles. The van der Waals surface area contributed by atoms with Crippen molar-refractivity contribution in [3.63, 3.8) is 0 Å². The van der Waals surface area contributed by atoms with Gasteiger partial charge in [0, 0.05) is 22.6 Å². The number of ether oxygens (including phenoxy) is 1. The first-order valence-corrected chi connectivity index (χ1v) is 7.45. The first kappa shape index (κ1) is 13.2. The van der Waals surface area contributed by atoms with Crippen molar-refractivity contribution in [1.82, 2.24) is 0 Å². The molecule has 2 rings (SSSR count). The number of hydrogen-bond acceptors (Lipinski definition) is 2. The molecule has 1 saturated heterocycles. The number of alkyl halides is 1. The lowest BCUT2D eigenvalue weighted by atomic mass is 10.1. The van der Waals surface area contributed by atoms with E-state index in [9.17, 15) is 0 Å². The van der Waals surface area contributed by atoms with Crippen LogP contribution in [0.1, 0.15) is 18.9 Å². The van der Waals surface area contributed by atoms with Crippen molar-refractivity contribution >= 4 is 33.2 Å². The molecule has 1 heterocycles. The van der Waals surface area contributed by atoms with Crippen LogP contribution in [0.15, 0.2) is 18.2 Å². The van der Waals surface area contributed by atoms with E-state index in [1.54, 1.807) is 0 Å². The molecule has 1 atom stereocenters. The summed E-state index contributed by atoms with van der Waals surface area (Å²) in [5.74, 6) is 0. The first-order chi connectivity index (χ1) is 8.26. The molecule has 17 heavy (non-hydrogen) atoms. The molecule has 0 aromatic heterocycles. The van der Waals surface area contributed by atoms with Gasteiger partial charge in [0.1, 0.15) is 0 Å². The molecule has 1 aliphatic heterocycles. The Bertz CT molecular complexity index is 386. The van der Waals surface area contributed by atoms with E-state index >= 15 is 0 Å². The Kier molecular flexibility index (Phi) is 4.71. The van der Waals surface area contributed by atoms with Crippen molar-refractivity contribution < 1.29 is 4.74 Å². The summed E-state index contributed by atoms with van der Waals surface area (Å²) >= 11 is 9.58. The summed E-state index contributed by atoms with van der Waals surface area (Å²) in [7, 11) is 0. The second-order valence-electron chi connectivity index (χ2n) is 4.24. The van der Waals surface area contributed by atoms with Crippen LogP contribution in [0, 0.1) is 0 Å². The van der Waals surface area contributed by atoms with Gasteiger partial charge in [-0.2, -0.15) is 0 Å². The van der Waals surface area contributed by atoms with Crippen LogP contribution in [-0.4, -0.2) is 25.8 Å². The van der Waals surface area contributed by atoms with E-state index in [1.807, 2.05) is 12.1 Å². The van der Waals surface area contributed by atoms with E-state index < -0.39 is 0 Å². The fraction of sp³-hybridized carbons (Fsp3) is 0.538. The summed E-state index contributed by atoms with van der Waals surface area (Å²) in [5, 5.41) is 1.63. The van der Waals surface area contributed by atoms with Gasteiger partial charge in [-0.1, -0.05) is 34.5 Å². The van der Waals surface area contributed by atoms with E-state index in [0.717, 1.165) is 36.5 Å². The van der Waals surface area contributed by atoms with Crippen LogP contribution in [-0.2, 0) is 10.1 Å². The monoisotopic (exact) mass is 317 g/mol. The molecule has 0 aliphatic carbocycles. The van der Waals surface area contributed by atoms with E-state index in [-0.39, 0.29) is 0 Å². The fourth-order valence-electron chi connectivity index (χ4n) is 2.25. The highest BCUT2D eigenvalue weighted by Gasteiger charge is 2.23. The van der Waals surface area contributed by atoms with E-state index in [1.165, 1.54) is 11.3 Å². The molecule has 1 unspecified atom stereocenters. The van der Waals surface area contributed by atoms with Crippen molar-refractivity contribution in [1.29, 1.82) is 0 Å². The molecular formula is C13H17BrClNO. The maximum absolute atomic E-state index is 6.04. The van der Waals surface area contributed by atoms with Crippen molar-refractivity contribution in [2.45, 2.75) is 24.7 Å². The smallest absolute Gasteiger partial charge is 0.0670 e. The molecule has 0 N–H and O–H groups in total. The molecular weight excluding hydrogens is 302 g/mol. The first-order valence-electron chi connectivity index (χ1n) is 5.95. The Morgan fingerprint density at radius 1 is 1.53 bits per heavy atom. The Morgan fingerprint density at radius 3 is 3.06 bits per heavy atom. The van der Waals surface area contributed by atoms with Crippen LogP contribution in [0.2, 0.25) is 5.02 Å². The van der Waals surface area contributed by atoms with Crippen molar-refractivity contribution in [2.75, 3.05) is 24.7 Å². The van der Waals surface area contributed by atoms with Crippen molar-refractivity contribution in [2.24, 2.45) is 0 Å². The van der Waals surface area contributed by atoms with E-state index in [2.05, 4.69) is 33.8 Å². The average Bonchev–Trinajstić information content (AvgIpc) is 2.38. The number of nitrogens with zero attached hydrogens (tertiary/aromatic N) is 1. The molecule has 1 aliphatic rings. The Balaban J connectivity index is 2.30. The summed E-state index contributed by atoms with van der Waals surface area (Å²) < 4.78 is 5.54. The topological polar surface area (TPSA) is 12.5 Å². The van der Waals surface area contributed by atoms with Crippen molar-refractivity contribution in [3.8, 4) is 0 Å². The third-order valence-corrected chi connectivity index (χ3v) is 4.03. The summed E-state index contributed by atoms with van der Waals surface area (Å²) in [6.45, 7) is 4.79. The second kappa shape index (κ2) is 6.07. The molecule has 1 aromatic carbocycles. The summed E-state index contributed by atoms with van der Waals surface area (Å²) in [6.07, 6.45) is 1.10. The van der Waals surface area contributed by atoms with Crippen LogP contribution in [0.25, 0.3) is 0 Å². The number of morpholine rings is 1. The quantitative estimate of drug-likeness (QED) is 0.785. The van der Waals surface area contributed by atoms with E-state index in [4.69, 9.17) is 16.3 Å². The number of halogens is 2. The van der Waals surface area contributed by atoms with Gasteiger partial charge < -0.3 is 9.64 Å². The summed E-state index contributed by atoms with van der Waals surface area (Å²) in [4.78, 5) is 2.44. The highest BCUT2D eigenvalue weighted by atomic mass is 79.9. The number of hydrogen-bond donors (Lipinski definition) is 0. The molecule has 0 radical (unpaired) electrons. The van der Waals surface area contributed by atoms with Gasteiger partial charge in [0.05, 0.1) is 19.3 Å². The predicted octanol–water partition coefficient (Wildman–Crippen LogP) is 3.85. The van der Waals surface area contributed by atoms with Crippen LogP contribution in [0.5, 0.6) is 0 Å². The third kappa shape index (κ3) is 2.95. The van der Waals surface area contributed by atoms with Gasteiger partial charge in [-0.3, -0.25) is 0 Å². The van der Waals surface area contributed by atoms with Gasteiger partial charge in [0.15, 0.2) is 0 Å². The minimum Gasteiger partial charge on any atom is -0.377 e. The van der Waals surface area contributed by atoms with Gasteiger partial charge in [0.25, 0.3) is 0 Å². The Labute approximate surface area is 116 Å². The van der Waals surface area contributed by atoms with Gasteiger partial charge >= 0.3 is 0 Å². The fourth-order valence-corrected chi connectivity index (χ4v) is 2.90. The van der Waals surface area contributed by atoms with Crippen molar-refractivity contribution in [3.05, 3.63) is 28.8 Å². The normalized spacial score (nSPS) is 20.6. The number of benzene rings is 1. The average molecular weight is 319 g/mol. The SMILES string of the molecule is CCC1COCCN1c1ccc(Cl)cc1CBr. The number of rotatable bonds is 3. The zero-order chi connectivity index (χ0) is 12.3. The maximum atomic E-state index is 6.04. The van der Waals surface area contributed by atoms with Gasteiger partial charge in [-0.25, -0.2) is 0 Å². The molecule has 1 aromatic rings. The Morgan fingerprint density at radius 2 is 2.35 bits per heavy atom. The van der Waals surface area contributed by atoms with Crippen LogP contribution >= 0.6 is 27.5 Å².